The van der Waals surface area contributed by atoms with Gasteiger partial charge in [-0.15, -0.1) is 0 Å². The number of amides is 1. The molecule has 3 aromatic rings. The monoisotopic (exact) mass is 342 g/mol. The van der Waals surface area contributed by atoms with Crippen molar-refractivity contribution in [3.05, 3.63) is 65.7 Å². The van der Waals surface area contributed by atoms with Crippen molar-refractivity contribution >= 4 is 17.4 Å². The van der Waals surface area contributed by atoms with Crippen LogP contribution in [0.1, 0.15) is 18.1 Å². The van der Waals surface area contributed by atoms with Gasteiger partial charge in [0.25, 0.3) is 0 Å². The van der Waals surface area contributed by atoms with Crippen molar-refractivity contribution in [1.29, 1.82) is 5.26 Å². The predicted octanol–water partition coefficient (Wildman–Crippen LogP) is 4.14. The molecule has 1 heterocycles. The molecule has 0 fully saturated rings. The van der Waals surface area contributed by atoms with E-state index in [1.54, 1.807) is 12.1 Å². The molecule has 0 radical (unpaired) electrons. The number of nitrogens with one attached hydrogen (secondary N) is 1. The van der Waals surface area contributed by atoms with Crippen LogP contribution in [0.5, 0.6) is 0 Å². The van der Waals surface area contributed by atoms with Crippen LogP contribution in [-0.2, 0) is 4.79 Å². The molecule has 0 bridgehead atoms. The number of nitriles is 1. The fraction of sp³-hybridized carbons (Fsp3) is 0.0952. The molecule has 1 aromatic heterocycles. The Labute approximate surface area is 152 Å². The van der Waals surface area contributed by atoms with E-state index in [0.717, 1.165) is 16.7 Å². The first kappa shape index (κ1) is 17.2. The molecule has 3 N–H and O–H groups in total. The Morgan fingerprint density at radius 1 is 1.08 bits per heavy atom. The first-order valence-electron chi connectivity index (χ1n) is 8.13. The van der Waals surface area contributed by atoms with Crippen molar-refractivity contribution in [3.8, 4) is 28.5 Å². The van der Waals surface area contributed by atoms with Gasteiger partial charge < -0.3 is 11.1 Å². The fourth-order valence-corrected chi connectivity index (χ4v) is 2.72. The molecule has 0 saturated carbocycles. The van der Waals surface area contributed by atoms with Crippen LogP contribution in [0.4, 0.5) is 11.5 Å². The summed E-state index contributed by atoms with van der Waals surface area (Å²) >= 11 is 0. The summed E-state index contributed by atoms with van der Waals surface area (Å²) in [5, 5.41) is 12.2. The molecule has 128 valence electrons. The molecular formula is C21H18N4O. The standard InChI is InChI=1S/C21H18N4O/c1-13-3-5-16(6-4-13)20-11-18(19(12-22)21(23)25-20)15-7-9-17(10-8-15)24-14(2)26/h3-11H,1-2H3,(H2,23,25)(H,24,26). The van der Waals surface area contributed by atoms with E-state index in [1.165, 1.54) is 6.92 Å². The van der Waals surface area contributed by atoms with E-state index in [0.29, 0.717) is 22.5 Å². The highest BCUT2D eigenvalue weighted by atomic mass is 16.1. The summed E-state index contributed by atoms with van der Waals surface area (Å²) in [7, 11) is 0. The van der Waals surface area contributed by atoms with Crippen LogP contribution >= 0.6 is 0 Å². The molecule has 0 saturated heterocycles. The first-order valence-corrected chi connectivity index (χ1v) is 8.13. The minimum atomic E-state index is -0.134. The van der Waals surface area contributed by atoms with Crippen LogP contribution in [0.3, 0.4) is 0 Å². The summed E-state index contributed by atoms with van der Waals surface area (Å²) in [5.41, 5.74) is 11.4. The van der Waals surface area contributed by atoms with Crippen LogP contribution in [0.25, 0.3) is 22.4 Å². The Kier molecular flexibility index (Phi) is 4.68. The van der Waals surface area contributed by atoms with Gasteiger partial charge in [0.15, 0.2) is 0 Å². The van der Waals surface area contributed by atoms with E-state index < -0.39 is 0 Å². The summed E-state index contributed by atoms with van der Waals surface area (Å²) in [6.45, 7) is 3.48. The number of pyridine rings is 1. The molecule has 0 aliphatic rings. The first-order chi connectivity index (χ1) is 12.5. The largest absolute Gasteiger partial charge is 0.383 e. The maximum absolute atomic E-state index is 11.2. The van der Waals surface area contributed by atoms with Gasteiger partial charge >= 0.3 is 0 Å². The van der Waals surface area contributed by atoms with E-state index in [-0.39, 0.29) is 11.7 Å². The number of aryl methyl sites for hydroxylation is 1. The number of benzene rings is 2. The number of hydrogen-bond acceptors (Lipinski definition) is 4. The third-order valence-electron chi connectivity index (χ3n) is 4.02. The molecule has 5 heteroatoms. The summed E-state index contributed by atoms with van der Waals surface area (Å²) < 4.78 is 0. The van der Waals surface area contributed by atoms with Gasteiger partial charge in [0.1, 0.15) is 17.5 Å². The van der Waals surface area contributed by atoms with Gasteiger partial charge in [-0.3, -0.25) is 4.79 Å². The zero-order valence-corrected chi connectivity index (χ0v) is 14.6. The van der Waals surface area contributed by atoms with Gasteiger partial charge in [-0.25, -0.2) is 4.98 Å². The Balaban J connectivity index is 2.09. The number of hydrogen-bond donors (Lipinski definition) is 2. The molecule has 0 aliphatic heterocycles. The summed E-state index contributed by atoms with van der Waals surface area (Å²) in [6, 6.07) is 19.3. The molecule has 3 rings (SSSR count). The van der Waals surface area contributed by atoms with Gasteiger partial charge in [-0.2, -0.15) is 5.26 Å². The fourth-order valence-electron chi connectivity index (χ4n) is 2.72. The summed E-state index contributed by atoms with van der Waals surface area (Å²) in [6.07, 6.45) is 0. The van der Waals surface area contributed by atoms with Gasteiger partial charge in [0, 0.05) is 23.7 Å². The lowest BCUT2D eigenvalue weighted by atomic mass is 9.98. The molecule has 0 unspecified atom stereocenters. The minimum absolute atomic E-state index is 0.134. The Hall–Kier alpha value is -3.65. The topological polar surface area (TPSA) is 91.8 Å². The Morgan fingerprint density at radius 2 is 1.69 bits per heavy atom. The average molecular weight is 342 g/mol. The van der Waals surface area contributed by atoms with Gasteiger partial charge in [0.2, 0.25) is 5.91 Å². The number of aromatic nitrogens is 1. The number of carbonyl (C=O) groups excluding carboxylic acids is 1. The molecule has 2 aromatic carbocycles. The van der Waals surface area contributed by atoms with Crippen molar-refractivity contribution in [1.82, 2.24) is 4.98 Å². The maximum atomic E-state index is 11.2. The number of rotatable bonds is 3. The number of nitrogens with two attached hydrogens (primary N) is 1. The molecule has 1 amide bonds. The maximum Gasteiger partial charge on any atom is 0.221 e. The predicted molar refractivity (Wildman–Crippen MR) is 103 cm³/mol. The zero-order valence-electron chi connectivity index (χ0n) is 14.6. The van der Waals surface area contributed by atoms with E-state index >= 15 is 0 Å². The van der Waals surface area contributed by atoms with Gasteiger partial charge in [-0.05, 0) is 30.7 Å². The molecular weight excluding hydrogens is 324 g/mol. The molecule has 0 atom stereocenters. The van der Waals surface area contributed by atoms with Crippen molar-refractivity contribution in [2.45, 2.75) is 13.8 Å². The quantitative estimate of drug-likeness (QED) is 0.748. The van der Waals surface area contributed by atoms with Crippen LogP contribution in [0.2, 0.25) is 0 Å². The average Bonchev–Trinajstić information content (AvgIpc) is 2.62. The highest BCUT2D eigenvalue weighted by molar-refractivity contribution is 5.89. The van der Waals surface area contributed by atoms with Crippen molar-refractivity contribution in [2.75, 3.05) is 11.1 Å². The van der Waals surface area contributed by atoms with Crippen molar-refractivity contribution in [3.63, 3.8) is 0 Å². The zero-order chi connectivity index (χ0) is 18.7. The number of anilines is 2. The molecule has 5 nitrogen and oxygen atoms in total. The lowest BCUT2D eigenvalue weighted by Crippen LogP contribution is -2.05. The van der Waals surface area contributed by atoms with Crippen LogP contribution in [-0.4, -0.2) is 10.9 Å². The van der Waals surface area contributed by atoms with Gasteiger partial charge in [-0.1, -0.05) is 42.0 Å². The SMILES string of the molecule is CC(=O)Nc1ccc(-c2cc(-c3ccc(C)cc3)nc(N)c2C#N)cc1. The molecule has 26 heavy (non-hydrogen) atoms. The number of nitrogens with zero attached hydrogens (tertiary/aromatic N) is 2. The minimum Gasteiger partial charge on any atom is -0.383 e. The van der Waals surface area contributed by atoms with Gasteiger partial charge in [0.05, 0.1) is 5.69 Å². The van der Waals surface area contributed by atoms with E-state index in [2.05, 4.69) is 16.4 Å². The second kappa shape index (κ2) is 7.08. The molecule has 0 aliphatic carbocycles. The van der Waals surface area contributed by atoms with Crippen molar-refractivity contribution in [2.24, 2.45) is 0 Å². The second-order valence-corrected chi connectivity index (χ2v) is 6.05. The third kappa shape index (κ3) is 3.55. The second-order valence-electron chi connectivity index (χ2n) is 6.05. The summed E-state index contributed by atoms with van der Waals surface area (Å²) in [5.74, 6) is 0.0665. The molecule has 0 spiro atoms. The lowest BCUT2D eigenvalue weighted by molar-refractivity contribution is -0.114. The Morgan fingerprint density at radius 3 is 2.27 bits per heavy atom. The van der Waals surface area contributed by atoms with Crippen LogP contribution in [0, 0.1) is 18.3 Å². The highest BCUT2D eigenvalue weighted by Crippen LogP contribution is 2.31. The lowest BCUT2D eigenvalue weighted by Gasteiger charge is -2.11. The van der Waals surface area contributed by atoms with Crippen LogP contribution in [0.15, 0.2) is 54.6 Å². The van der Waals surface area contributed by atoms with Crippen molar-refractivity contribution < 1.29 is 4.79 Å². The number of carbonyl (C=O) groups is 1. The smallest absolute Gasteiger partial charge is 0.221 e. The normalized spacial score (nSPS) is 10.2. The highest BCUT2D eigenvalue weighted by Gasteiger charge is 2.13. The number of nitrogen functional groups attached to an aromatic ring is 1. The van der Waals surface area contributed by atoms with Crippen LogP contribution < -0.4 is 11.1 Å². The summed E-state index contributed by atoms with van der Waals surface area (Å²) in [4.78, 5) is 15.5. The third-order valence-corrected chi connectivity index (χ3v) is 4.02. The van der Waals surface area contributed by atoms with E-state index in [9.17, 15) is 10.1 Å². The Bertz CT molecular complexity index is 1000. The van der Waals surface area contributed by atoms with E-state index in [1.807, 2.05) is 49.4 Å². The van der Waals surface area contributed by atoms with E-state index in [4.69, 9.17) is 5.73 Å².